The van der Waals surface area contributed by atoms with Crippen molar-refractivity contribution in [2.24, 2.45) is 5.92 Å². The zero-order valence-corrected chi connectivity index (χ0v) is 16.6. The molecule has 0 amide bonds. The minimum absolute atomic E-state index is 0.166. The molecule has 28 heavy (non-hydrogen) atoms. The molecule has 2 saturated heterocycles. The van der Waals surface area contributed by atoms with Crippen molar-refractivity contribution in [1.29, 1.82) is 0 Å². The summed E-state index contributed by atoms with van der Waals surface area (Å²) in [6, 6.07) is 0. The number of hydrogen-bond donors (Lipinski definition) is 0. The van der Waals surface area contributed by atoms with E-state index in [1.165, 1.54) is 0 Å². The Morgan fingerprint density at radius 2 is 2.18 bits per heavy atom. The van der Waals surface area contributed by atoms with E-state index in [2.05, 4.69) is 6.58 Å². The van der Waals surface area contributed by atoms with Crippen molar-refractivity contribution in [3.05, 3.63) is 35.5 Å². The van der Waals surface area contributed by atoms with Crippen molar-refractivity contribution in [2.45, 2.75) is 69.9 Å². The second-order valence-corrected chi connectivity index (χ2v) is 8.08. The number of allylic oxidation sites excluding steroid dienone is 1. The average Bonchev–Trinajstić information content (AvgIpc) is 3.01. The summed E-state index contributed by atoms with van der Waals surface area (Å²) >= 11 is 0. The molecule has 4 aliphatic rings. The first kappa shape index (κ1) is 19.4. The van der Waals surface area contributed by atoms with Crippen molar-refractivity contribution in [3.63, 3.8) is 0 Å². The molecule has 2 fully saturated rings. The van der Waals surface area contributed by atoms with Gasteiger partial charge in [-0.1, -0.05) is 18.7 Å². The molecule has 0 aromatic rings. The molecular weight excluding hydrogens is 364 g/mol. The fourth-order valence-electron chi connectivity index (χ4n) is 4.43. The largest absolute Gasteiger partial charge is 0.458 e. The molecule has 4 rings (SSSR count). The van der Waals surface area contributed by atoms with Crippen LogP contribution in [0.4, 0.5) is 0 Å². The minimum atomic E-state index is -0.635. The predicted octanol–water partition coefficient (Wildman–Crippen LogP) is 2.21. The summed E-state index contributed by atoms with van der Waals surface area (Å²) in [5, 5.41) is 0. The molecule has 3 heterocycles. The van der Waals surface area contributed by atoms with Gasteiger partial charge in [0, 0.05) is 31.1 Å². The van der Waals surface area contributed by atoms with Gasteiger partial charge in [-0.15, -0.1) is 0 Å². The van der Waals surface area contributed by atoms with E-state index in [1.807, 2.05) is 13.0 Å². The minimum Gasteiger partial charge on any atom is -0.458 e. The quantitative estimate of drug-likeness (QED) is 0.316. The van der Waals surface area contributed by atoms with E-state index in [-0.39, 0.29) is 12.2 Å². The van der Waals surface area contributed by atoms with Crippen molar-refractivity contribution in [3.8, 4) is 0 Å². The van der Waals surface area contributed by atoms with Crippen molar-refractivity contribution < 1.29 is 33.3 Å². The van der Waals surface area contributed by atoms with Crippen LogP contribution in [0.3, 0.4) is 0 Å². The van der Waals surface area contributed by atoms with Crippen LogP contribution < -0.4 is 0 Å². The maximum atomic E-state index is 12.5. The first-order chi connectivity index (χ1) is 13.3. The molecule has 7 unspecified atom stereocenters. The molecule has 0 saturated carbocycles. The number of fused-ring (bicyclic) bond motifs is 4. The van der Waals surface area contributed by atoms with Gasteiger partial charge in [0.05, 0.1) is 17.6 Å². The fourth-order valence-corrected chi connectivity index (χ4v) is 4.43. The molecule has 7 atom stereocenters. The highest BCUT2D eigenvalue weighted by molar-refractivity contribution is 5.91. The summed E-state index contributed by atoms with van der Waals surface area (Å²) in [6.45, 7) is 9.37. The topological polar surface area (TPSA) is 83.6 Å². The number of methoxy groups -OCH3 is 1. The Morgan fingerprint density at radius 3 is 2.86 bits per heavy atom. The molecule has 0 spiro atoms. The molecule has 0 aromatic carbocycles. The molecule has 2 bridgehead atoms. The monoisotopic (exact) mass is 390 g/mol. The van der Waals surface area contributed by atoms with Gasteiger partial charge >= 0.3 is 11.9 Å². The number of carbonyl (C=O) groups is 2. The standard InChI is InChI=1S/C21H26O7/c1-6-10(2)18(22)26-14-8-12-7-13(25-20(12)24-5)9-21(4)17(28-21)16-15(14)11(3)19(23)27-16/h6-7,13-17,20H,3,8-9H2,1-2,4-5H3. The van der Waals surface area contributed by atoms with Crippen LogP contribution in [0.25, 0.3) is 0 Å². The van der Waals surface area contributed by atoms with E-state index in [9.17, 15) is 9.59 Å². The molecule has 7 heteroatoms. The van der Waals surface area contributed by atoms with E-state index >= 15 is 0 Å². The summed E-state index contributed by atoms with van der Waals surface area (Å²) in [5.74, 6) is -1.38. The van der Waals surface area contributed by atoms with Crippen LogP contribution in [0.1, 0.15) is 33.6 Å². The van der Waals surface area contributed by atoms with Gasteiger partial charge in [-0.2, -0.15) is 0 Å². The van der Waals surface area contributed by atoms with Crippen molar-refractivity contribution in [2.75, 3.05) is 7.11 Å². The van der Waals surface area contributed by atoms with Crippen LogP contribution >= 0.6 is 0 Å². The third kappa shape index (κ3) is 3.11. The third-order valence-electron chi connectivity index (χ3n) is 6.17. The molecule has 0 aromatic heterocycles. The van der Waals surface area contributed by atoms with E-state index in [0.29, 0.717) is 24.0 Å². The zero-order chi connectivity index (χ0) is 20.2. The number of esters is 2. The van der Waals surface area contributed by atoms with Gasteiger partial charge in [-0.25, -0.2) is 9.59 Å². The maximum absolute atomic E-state index is 12.5. The van der Waals surface area contributed by atoms with Crippen LogP contribution in [-0.4, -0.2) is 55.4 Å². The van der Waals surface area contributed by atoms with Gasteiger partial charge in [0.15, 0.2) is 6.29 Å². The fraction of sp³-hybridized carbons (Fsp3) is 0.619. The Hall–Kier alpha value is -1.96. The number of hydrogen-bond acceptors (Lipinski definition) is 7. The van der Waals surface area contributed by atoms with Crippen LogP contribution in [-0.2, 0) is 33.3 Å². The van der Waals surface area contributed by atoms with Crippen molar-refractivity contribution >= 4 is 11.9 Å². The Balaban J connectivity index is 1.72. The predicted molar refractivity (Wildman–Crippen MR) is 98.1 cm³/mol. The lowest BCUT2D eigenvalue weighted by Crippen LogP contribution is -2.39. The molecular formula is C21H26O7. The normalized spacial score (nSPS) is 42.3. The lowest BCUT2D eigenvalue weighted by atomic mass is 9.82. The lowest BCUT2D eigenvalue weighted by Gasteiger charge is -2.28. The summed E-state index contributed by atoms with van der Waals surface area (Å²) in [4.78, 5) is 24.8. The first-order valence-electron chi connectivity index (χ1n) is 9.57. The molecule has 152 valence electrons. The number of rotatable bonds is 3. The van der Waals surface area contributed by atoms with E-state index in [1.54, 1.807) is 27.0 Å². The second-order valence-electron chi connectivity index (χ2n) is 8.08. The number of ether oxygens (including phenoxy) is 5. The van der Waals surface area contributed by atoms with E-state index in [0.717, 1.165) is 5.57 Å². The van der Waals surface area contributed by atoms with Gasteiger partial charge < -0.3 is 23.7 Å². The third-order valence-corrected chi connectivity index (χ3v) is 6.17. The SMILES string of the molecule is C=C1C(=O)OC2C1C(OC(=O)C(C)=CC)CC1=CC(CC3(C)OC23)OC1OC. The van der Waals surface area contributed by atoms with E-state index in [4.69, 9.17) is 23.7 Å². The Morgan fingerprint density at radius 1 is 1.43 bits per heavy atom. The summed E-state index contributed by atoms with van der Waals surface area (Å²) in [5.41, 5.74) is 1.21. The second kappa shape index (κ2) is 6.83. The van der Waals surface area contributed by atoms with Gasteiger partial charge in [-0.3, -0.25) is 0 Å². The highest BCUT2D eigenvalue weighted by Gasteiger charge is 2.65. The van der Waals surface area contributed by atoms with Gasteiger partial charge in [0.1, 0.15) is 18.3 Å². The Labute approximate surface area is 164 Å². The summed E-state index contributed by atoms with van der Waals surface area (Å²) < 4.78 is 28.9. The van der Waals surface area contributed by atoms with Crippen LogP contribution in [0.2, 0.25) is 0 Å². The van der Waals surface area contributed by atoms with Crippen LogP contribution in [0.15, 0.2) is 35.5 Å². The van der Waals surface area contributed by atoms with Gasteiger partial charge in [0.2, 0.25) is 0 Å². The molecule has 0 N–H and O–H groups in total. The lowest BCUT2D eigenvalue weighted by molar-refractivity contribution is -0.149. The number of carbonyl (C=O) groups excluding carboxylic acids is 2. The van der Waals surface area contributed by atoms with Crippen LogP contribution in [0, 0.1) is 5.92 Å². The Kier molecular flexibility index (Phi) is 4.72. The first-order valence-corrected chi connectivity index (χ1v) is 9.57. The molecule has 7 nitrogen and oxygen atoms in total. The zero-order valence-electron chi connectivity index (χ0n) is 16.6. The summed E-state index contributed by atoms with van der Waals surface area (Å²) in [6.07, 6.45) is 2.58. The number of epoxide rings is 1. The highest BCUT2D eigenvalue weighted by atomic mass is 16.7. The van der Waals surface area contributed by atoms with Gasteiger partial charge in [0.25, 0.3) is 0 Å². The molecule has 0 radical (unpaired) electrons. The van der Waals surface area contributed by atoms with Crippen LogP contribution in [0.5, 0.6) is 0 Å². The maximum Gasteiger partial charge on any atom is 0.334 e. The Bertz CT molecular complexity index is 782. The molecule has 1 aliphatic carbocycles. The van der Waals surface area contributed by atoms with E-state index < -0.39 is 42.0 Å². The average molecular weight is 390 g/mol. The molecule has 3 aliphatic heterocycles. The smallest absolute Gasteiger partial charge is 0.334 e. The summed E-state index contributed by atoms with van der Waals surface area (Å²) in [7, 11) is 1.58. The highest BCUT2D eigenvalue weighted by Crippen LogP contribution is 2.51. The van der Waals surface area contributed by atoms with Gasteiger partial charge in [-0.05, 0) is 26.3 Å². The van der Waals surface area contributed by atoms with Crippen molar-refractivity contribution in [1.82, 2.24) is 0 Å².